The zero-order chi connectivity index (χ0) is 5.11. The summed E-state index contributed by atoms with van der Waals surface area (Å²) in [5, 5.41) is 0. The second kappa shape index (κ2) is 6.37. The Balaban J connectivity index is 0. The van der Waals surface area contributed by atoms with Crippen molar-refractivity contribution in [2.75, 3.05) is 0 Å². The van der Waals surface area contributed by atoms with Crippen molar-refractivity contribution < 1.29 is 16.0 Å². The molecule has 0 atom stereocenters. The molecule has 0 fully saturated rings. The van der Waals surface area contributed by atoms with Crippen molar-refractivity contribution in [3.05, 3.63) is 24.4 Å². The van der Waals surface area contributed by atoms with Gasteiger partial charge in [0, 0.05) is 0 Å². The van der Waals surface area contributed by atoms with Crippen molar-refractivity contribution in [3.8, 4) is 0 Å². The molecule has 1 rings (SSSR count). The minimum atomic E-state index is 0. The Morgan fingerprint density at radius 2 is 1.89 bits per heavy atom. The molecular weight excluding hydrogens is 201 g/mol. The molecule has 4 heteroatoms. The zero-order valence-corrected chi connectivity index (χ0v) is 7.16. The minimum absolute atomic E-state index is 0. The van der Waals surface area contributed by atoms with E-state index in [0.717, 1.165) is 4.59 Å². The van der Waals surface area contributed by atoms with Gasteiger partial charge >= 0.3 is 50.0 Å². The molecule has 0 aliphatic carbocycles. The molecule has 53 valence electrons. The van der Waals surface area contributed by atoms with Crippen LogP contribution in [0.5, 0.6) is 0 Å². The third-order valence-corrected chi connectivity index (χ3v) is 0.948. The summed E-state index contributed by atoms with van der Waals surface area (Å²) in [6, 6.07) is 5.64. The van der Waals surface area contributed by atoms with Crippen LogP contribution in [0, 0.1) is 0 Å². The molecule has 1 aromatic rings. The Bertz CT molecular complexity index is 145. The Morgan fingerprint density at radius 3 is 2.11 bits per heavy atom. The van der Waals surface area contributed by atoms with Crippen LogP contribution in [0.15, 0.2) is 24.4 Å². The molecule has 0 saturated carbocycles. The van der Waals surface area contributed by atoms with E-state index < -0.39 is 0 Å². The third-order valence-electron chi connectivity index (χ3n) is 0.622. The van der Waals surface area contributed by atoms with Gasteiger partial charge in [0.2, 0.25) is 0 Å². The van der Waals surface area contributed by atoms with Crippen LogP contribution in [-0.2, 0) is 16.0 Å². The Kier molecular flexibility index (Phi) is 8.48. The first-order valence-electron chi connectivity index (χ1n) is 1.95. The van der Waals surface area contributed by atoms with E-state index in [9.17, 15) is 0 Å². The summed E-state index contributed by atoms with van der Waals surface area (Å²) in [6.07, 6.45) is 1.72. The van der Waals surface area contributed by atoms with E-state index in [-0.39, 0.29) is 24.8 Å². The molecule has 9 heavy (non-hydrogen) atoms. The summed E-state index contributed by atoms with van der Waals surface area (Å²) in [5.74, 6) is 0. The number of aromatic nitrogens is 1. The fraction of sp³-hybridized carbons (Fsp3) is 0. The number of rotatable bonds is 0. The van der Waals surface area contributed by atoms with Crippen molar-refractivity contribution in [2.24, 2.45) is 0 Å². The van der Waals surface area contributed by atoms with Gasteiger partial charge in [-0.3, -0.25) is 0 Å². The molecule has 1 nitrogen and oxygen atoms in total. The molecule has 0 radical (unpaired) electrons. The molecule has 0 aliphatic heterocycles. The topological polar surface area (TPSA) is 12.9 Å². The van der Waals surface area contributed by atoms with Crippen LogP contribution in [0.1, 0.15) is 0 Å². The maximum atomic E-state index is 3.87. The van der Waals surface area contributed by atoms with Gasteiger partial charge in [0.15, 0.2) is 0 Å². The van der Waals surface area contributed by atoms with Gasteiger partial charge in [-0.05, 0) is 0 Å². The van der Waals surface area contributed by atoms with Gasteiger partial charge in [-0.1, -0.05) is 0 Å². The molecule has 0 saturated heterocycles. The zero-order valence-electron chi connectivity index (χ0n) is 4.43. The van der Waals surface area contributed by atoms with E-state index in [4.69, 9.17) is 0 Å². The van der Waals surface area contributed by atoms with Crippen LogP contribution in [-0.4, -0.2) is 4.98 Å². The Hall–Kier alpha value is 0.249. The molecule has 0 spiro atoms. The normalized spacial score (nSPS) is 6.78. The van der Waals surface area contributed by atoms with Crippen molar-refractivity contribution in [2.45, 2.75) is 0 Å². The third kappa shape index (κ3) is 4.73. The van der Waals surface area contributed by atoms with Crippen molar-refractivity contribution in [1.82, 2.24) is 4.98 Å². The molecule has 1 heterocycles. The number of hydrogen-bond donors (Lipinski definition) is 0. The molecule has 0 bridgehead atoms. The molecule has 0 aromatic carbocycles. The van der Waals surface area contributed by atoms with Crippen molar-refractivity contribution in [1.29, 1.82) is 0 Å². The quantitative estimate of drug-likeness (QED) is 0.580. The maximum absolute atomic E-state index is 3.87. The van der Waals surface area contributed by atoms with Gasteiger partial charge in [0.05, 0.1) is 0 Å². The Labute approximate surface area is 74.9 Å². The van der Waals surface area contributed by atoms with Gasteiger partial charge in [-0.2, -0.15) is 0 Å². The monoisotopic (exact) mass is 206 g/mol. The first-order valence-corrected chi connectivity index (χ1v) is 2.50. The van der Waals surface area contributed by atoms with E-state index in [0.29, 0.717) is 0 Å². The fourth-order valence-corrected chi connectivity index (χ4v) is 0.526. The second-order valence-corrected chi connectivity index (χ2v) is 1.71. The summed E-state index contributed by atoms with van der Waals surface area (Å²) < 4.78 is 0.822. The van der Waals surface area contributed by atoms with Crippen LogP contribution in [0.2, 0.25) is 0 Å². The number of hydrogen-bond acceptors (Lipinski definition) is 1. The molecule has 0 amide bonds. The molecule has 0 unspecified atom stereocenters. The second-order valence-electron chi connectivity index (χ2n) is 1.14. The average Bonchev–Trinajstić information content (AvgIpc) is 1.69. The molecule has 0 aliphatic rings. The standard InChI is InChI=1S/C5H4N.2ClH.Fe/c1-2-4-6-5-3-1;;;/h1-4H;2*1H;. The predicted octanol–water partition coefficient (Wildman–Crippen LogP) is 1.10. The van der Waals surface area contributed by atoms with Gasteiger partial charge in [-0.15, -0.1) is 24.8 Å². The average molecular weight is 207 g/mol. The van der Waals surface area contributed by atoms with Gasteiger partial charge in [0.25, 0.3) is 0 Å². The van der Waals surface area contributed by atoms with E-state index in [1.807, 2.05) is 18.2 Å². The van der Waals surface area contributed by atoms with Crippen LogP contribution < -0.4 is 4.59 Å². The van der Waals surface area contributed by atoms with E-state index in [1.54, 1.807) is 6.20 Å². The predicted molar refractivity (Wildman–Crippen MR) is 38.4 cm³/mol. The summed E-state index contributed by atoms with van der Waals surface area (Å²) in [5.41, 5.74) is 0. The number of nitrogens with zero attached hydrogens (tertiary/aromatic N) is 1. The molecule has 1 aromatic heterocycles. The fourth-order valence-electron chi connectivity index (χ4n) is 0.338. The first-order chi connectivity index (χ1) is 3.39. The van der Waals surface area contributed by atoms with E-state index in [1.165, 1.54) is 0 Å². The van der Waals surface area contributed by atoms with Crippen molar-refractivity contribution >= 4 is 29.4 Å². The molecule has 0 N–H and O–H groups in total. The summed E-state index contributed by atoms with van der Waals surface area (Å²) in [7, 11) is 0. The van der Waals surface area contributed by atoms with E-state index >= 15 is 0 Å². The van der Waals surface area contributed by atoms with Crippen LogP contribution in [0.3, 0.4) is 0 Å². The molecular formula is C5H6Cl2FeN. The van der Waals surface area contributed by atoms with Gasteiger partial charge < -0.3 is 0 Å². The van der Waals surface area contributed by atoms with E-state index in [2.05, 4.69) is 21.0 Å². The summed E-state index contributed by atoms with van der Waals surface area (Å²) >= 11 is 3.61. The Morgan fingerprint density at radius 1 is 1.22 bits per heavy atom. The summed E-state index contributed by atoms with van der Waals surface area (Å²) in [4.78, 5) is 3.87. The number of pyridine rings is 1. The van der Waals surface area contributed by atoms with Gasteiger partial charge in [0.1, 0.15) is 0 Å². The summed E-state index contributed by atoms with van der Waals surface area (Å²) in [6.45, 7) is 0. The number of halogens is 2. The van der Waals surface area contributed by atoms with Crippen LogP contribution in [0.4, 0.5) is 0 Å². The van der Waals surface area contributed by atoms with Crippen LogP contribution in [0.25, 0.3) is 0 Å². The SMILES string of the molecule is Cl.Cl.[Fe][c]1ccccn1. The first kappa shape index (κ1) is 12.0. The van der Waals surface area contributed by atoms with Gasteiger partial charge in [-0.25, -0.2) is 0 Å². The van der Waals surface area contributed by atoms with Crippen LogP contribution >= 0.6 is 24.8 Å². The van der Waals surface area contributed by atoms with Crippen molar-refractivity contribution in [3.63, 3.8) is 0 Å².